The maximum Gasteiger partial charge on any atom is 0.310 e. The summed E-state index contributed by atoms with van der Waals surface area (Å²) >= 11 is 0. The Labute approximate surface area is 218 Å². The van der Waals surface area contributed by atoms with Crippen LogP contribution in [-0.2, 0) is 16.2 Å². The normalized spacial score (nSPS) is 10.6. The van der Waals surface area contributed by atoms with E-state index < -0.39 is 11.8 Å². The number of carbonyl (C=O) groups excluding carboxylic acids is 2. The lowest BCUT2D eigenvalue weighted by Crippen LogP contribution is -2.32. The van der Waals surface area contributed by atoms with E-state index in [1.54, 1.807) is 24.8 Å². The molecule has 3 aromatic rings. The number of likely N-dealkylation sites (N-methyl/N-ethyl adjacent to an activating group) is 1. The van der Waals surface area contributed by atoms with Crippen LogP contribution in [0.1, 0.15) is 43.9 Å². The van der Waals surface area contributed by atoms with E-state index in [2.05, 4.69) is 6.07 Å². The number of benzene rings is 3. The minimum absolute atomic E-state index is 0.0392. The summed E-state index contributed by atoms with van der Waals surface area (Å²) in [4.78, 5) is 24.7. The number of halogens is 1. The molecule has 3 rings (SSSR count). The van der Waals surface area contributed by atoms with E-state index in [-0.39, 0.29) is 24.7 Å². The van der Waals surface area contributed by atoms with Gasteiger partial charge in [-0.1, -0.05) is 25.1 Å². The van der Waals surface area contributed by atoms with Crippen molar-refractivity contribution in [2.45, 2.75) is 47.6 Å². The van der Waals surface area contributed by atoms with Crippen LogP contribution in [0.15, 0.2) is 54.6 Å². The van der Waals surface area contributed by atoms with Gasteiger partial charge < -0.3 is 19.1 Å². The van der Waals surface area contributed by atoms with Crippen molar-refractivity contribution in [3.8, 4) is 28.4 Å². The highest BCUT2D eigenvalue weighted by Gasteiger charge is 2.12. The Morgan fingerprint density at radius 3 is 2.27 bits per heavy atom. The van der Waals surface area contributed by atoms with Gasteiger partial charge in [-0.25, -0.2) is 4.39 Å². The third-order valence-electron chi connectivity index (χ3n) is 6.00. The average molecular weight is 508 g/mol. The van der Waals surface area contributed by atoms with Gasteiger partial charge >= 0.3 is 5.97 Å². The molecule has 0 saturated heterocycles. The van der Waals surface area contributed by atoms with Crippen molar-refractivity contribution < 1.29 is 28.2 Å². The van der Waals surface area contributed by atoms with Crippen LogP contribution in [-0.4, -0.2) is 36.5 Å². The summed E-state index contributed by atoms with van der Waals surface area (Å²) in [5, 5.41) is 0. The fraction of sp³-hybridized carbons (Fsp3) is 0.333. The number of rotatable bonds is 11. The predicted molar refractivity (Wildman–Crippen MR) is 141 cm³/mol. The summed E-state index contributed by atoms with van der Waals surface area (Å²) in [5.74, 6) is -0.0955. The Morgan fingerprint density at radius 1 is 0.919 bits per heavy atom. The average Bonchev–Trinajstić information content (AvgIpc) is 2.86. The van der Waals surface area contributed by atoms with Crippen LogP contribution >= 0.6 is 0 Å². The molecule has 0 aliphatic rings. The number of nitrogens with zero attached hydrogens (tertiary/aromatic N) is 1. The molecule has 0 unspecified atom stereocenters. The molecule has 3 aromatic carbocycles. The maximum atomic E-state index is 14.3. The Balaban J connectivity index is 1.68. The third kappa shape index (κ3) is 7.56. The summed E-state index contributed by atoms with van der Waals surface area (Å²) in [7, 11) is 0. The van der Waals surface area contributed by atoms with Crippen molar-refractivity contribution >= 4 is 11.9 Å². The zero-order valence-corrected chi connectivity index (χ0v) is 22.1. The molecule has 196 valence electrons. The summed E-state index contributed by atoms with van der Waals surface area (Å²) in [6.45, 7) is 11.1. The highest BCUT2D eigenvalue weighted by molar-refractivity contribution is 5.73. The van der Waals surface area contributed by atoms with Crippen LogP contribution in [0.5, 0.6) is 17.2 Å². The number of hydrogen-bond acceptors (Lipinski definition) is 5. The van der Waals surface area contributed by atoms with Crippen molar-refractivity contribution in [3.05, 3.63) is 77.1 Å². The first kappa shape index (κ1) is 27.7. The summed E-state index contributed by atoms with van der Waals surface area (Å²) < 4.78 is 30.9. The van der Waals surface area contributed by atoms with Gasteiger partial charge in [0.15, 0.2) is 11.6 Å². The van der Waals surface area contributed by atoms with E-state index in [0.717, 1.165) is 33.6 Å². The first-order chi connectivity index (χ1) is 17.7. The second-order valence-corrected chi connectivity index (χ2v) is 8.79. The molecule has 0 N–H and O–H groups in total. The van der Waals surface area contributed by atoms with Gasteiger partial charge in [0, 0.05) is 26.0 Å². The van der Waals surface area contributed by atoms with Gasteiger partial charge in [0.25, 0.3) is 0 Å². The molecule has 0 aliphatic carbocycles. The molecule has 0 aliphatic heterocycles. The topological polar surface area (TPSA) is 65.1 Å². The lowest BCUT2D eigenvalue weighted by atomic mass is 9.94. The highest BCUT2D eigenvalue weighted by atomic mass is 19.1. The van der Waals surface area contributed by atoms with E-state index in [4.69, 9.17) is 14.2 Å². The van der Waals surface area contributed by atoms with Crippen LogP contribution in [0.4, 0.5) is 4.39 Å². The first-order valence-corrected chi connectivity index (χ1v) is 12.4. The zero-order chi connectivity index (χ0) is 26.9. The smallest absolute Gasteiger partial charge is 0.310 e. The molecule has 0 atom stereocenters. The number of aryl methyl sites for hydroxylation is 2. The van der Waals surface area contributed by atoms with Gasteiger partial charge in [-0.3, -0.25) is 9.59 Å². The van der Waals surface area contributed by atoms with E-state index in [0.29, 0.717) is 25.4 Å². The Hall–Kier alpha value is -3.87. The third-order valence-corrected chi connectivity index (χ3v) is 6.00. The van der Waals surface area contributed by atoms with Gasteiger partial charge in [-0.05, 0) is 78.9 Å². The molecular formula is C30H34FNO5. The summed E-state index contributed by atoms with van der Waals surface area (Å²) in [6.07, 6.45) is 0.168. The Kier molecular flexibility index (Phi) is 9.66. The van der Waals surface area contributed by atoms with E-state index in [1.807, 2.05) is 51.1 Å². The molecule has 1 amide bonds. The standard InChI is InChI=1S/C30H34FNO5/c1-6-29(34)37-28-12-11-25(18-27(28)31)36-19-23-9-8-10-24(17-23)30-20(3)15-26(16-21(30)4)35-14-13-32(7-2)22(5)33/h8-12,15-18H,6-7,13-14,19H2,1-5H3. The lowest BCUT2D eigenvalue weighted by molar-refractivity contribution is -0.134. The number of hydrogen-bond donors (Lipinski definition) is 0. The molecule has 0 bridgehead atoms. The lowest BCUT2D eigenvalue weighted by Gasteiger charge is -2.20. The molecule has 0 radical (unpaired) electrons. The highest BCUT2D eigenvalue weighted by Crippen LogP contribution is 2.32. The number of carbonyl (C=O) groups is 2. The van der Waals surface area contributed by atoms with Crippen molar-refractivity contribution in [2.75, 3.05) is 19.7 Å². The summed E-state index contributed by atoms with van der Waals surface area (Å²) in [5.41, 5.74) is 5.24. The second-order valence-electron chi connectivity index (χ2n) is 8.79. The fourth-order valence-electron chi connectivity index (χ4n) is 4.11. The first-order valence-electron chi connectivity index (χ1n) is 12.4. The van der Waals surface area contributed by atoms with Gasteiger partial charge in [-0.15, -0.1) is 0 Å². The maximum absolute atomic E-state index is 14.3. The molecule has 0 fully saturated rings. The minimum Gasteiger partial charge on any atom is -0.492 e. The van der Waals surface area contributed by atoms with Crippen LogP contribution in [0.2, 0.25) is 0 Å². The van der Waals surface area contributed by atoms with Crippen molar-refractivity contribution in [3.63, 3.8) is 0 Å². The zero-order valence-electron chi connectivity index (χ0n) is 22.1. The van der Waals surface area contributed by atoms with Gasteiger partial charge in [-0.2, -0.15) is 0 Å². The second kappa shape index (κ2) is 12.9. The monoisotopic (exact) mass is 507 g/mol. The fourth-order valence-corrected chi connectivity index (χ4v) is 4.11. The van der Waals surface area contributed by atoms with Crippen LogP contribution in [0, 0.1) is 19.7 Å². The number of amides is 1. The van der Waals surface area contributed by atoms with Gasteiger partial charge in [0.2, 0.25) is 5.91 Å². The Bertz CT molecular complexity index is 1230. The number of esters is 1. The predicted octanol–water partition coefficient (Wildman–Crippen LogP) is 6.25. The summed E-state index contributed by atoms with van der Waals surface area (Å²) in [6, 6.07) is 16.2. The van der Waals surface area contributed by atoms with Crippen LogP contribution in [0.25, 0.3) is 11.1 Å². The van der Waals surface area contributed by atoms with Crippen LogP contribution < -0.4 is 14.2 Å². The van der Waals surface area contributed by atoms with Gasteiger partial charge in [0.1, 0.15) is 24.7 Å². The van der Waals surface area contributed by atoms with E-state index in [1.165, 1.54) is 12.1 Å². The quantitative estimate of drug-likeness (QED) is 0.227. The van der Waals surface area contributed by atoms with Crippen LogP contribution in [0.3, 0.4) is 0 Å². The molecule has 0 saturated carbocycles. The molecule has 6 nitrogen and oxygen atoms in total. The largest absolute Gasteiger partial charge is 0.492 e. The van der Waals surface area contributed by atoms with Gasteiger partial charge in [0.05, 0.1) is 6.54 Å². The van der Waals surface area contributed by atoms with Crippen molar-refractivity contribution in [1.29, 1.82) is 0 Å². The number of ether oxygens (including phenoxy) is 3. The molecule has 7 heteroatoms. The SMILES string of the molecule is CCC(=O)Oc1ccc(OCc2cccc(-c3c(C)cc(OCCN(CC)C(C)=O)cc3C)c2)cc1F. The molecule has 0 aromatic heterocycles. The minimum atomic E-state index is -0.648. The van der Waals surface area contributed by atoms with Crippen molar-refractivity contribution in [1.82, 2.24) is 4.90 Å². The Morgan fingerprint density at radius 2 is 1.65 bits per heavy atom. The molecule has 0 heterocycles. The molecule has 0 spiro atoms. The molecule has 37 heavy (non-hydrogen) atoms. The van der Waals surface area contributed by atoms with E-state index in [9.17, 15) is 14.0 Å². The van der Waals surface area contributed by atoms with E-state index >= 15 is 0 Å². The van der Waals surface area contributed by atoms with Crippen molar-refractivity contribution in [2.24, 2.45) is 0 Å². The molecular weight excluding hydrogens is 473 g/mol.